The molecule has 0 aromatic heterocycles. The molecule has 0 radical (unpaired) electrons. The Bertz CT molecular complexity index is 438. The molecule has 0 unspecified atom stereocenters. The minimum Gasteiger partial charge on any atom is -0.326 e. The molecule has 1 amide bonds. The summed E-state index contributed by atoms with van der Waals surface area (Å²) in [6.45, 7) is 5.49. The average Bonchev–Trinajstić information content (AvgIpc) is 2.56. The molecule has 2 rings (SSSR count). The van der Waals surface area contributed by atoms with Crippen LogP contribution in [0.3, 0.4) is 0 Å². The molecule has 1 aromatic carbocycles. The van der Waals surface area contributed by atoms with Crippen molar-refractivity contribution in [3.8, 4) is 0 Å². The van der Waals surface area contributed by atoms with Gasteiger partial charge in [0.25, 0.3) is 0 Å². The largest absolute Gasteiger partial charge is 0.326 e. The minimum atomic E-state index is 0.103. The first-order chi connectivity index (χ1) is 8.00. The summed E-state index contributed by atoms with van der Waals surface area (Å²) in [6, 6.07) is 6.29. The normalized spacial score (nSPS) is 14.6. The van der Waals surface area contributed by atoms with Gasteiger partial charge in [-0.25, -0.2) is 0 Å². The van der Waals surface area contributed by atoms with Crippen LogP contribution < -0.4 is 10.6 Å². The van der Waals surface area contributed by atoms with E-state index in [1.807, 2.05) is 13.1 Å². The first kappa shape index (κ1) is 12.1. The lowest BCUT2D eigenvalue weighted by atomic mass is 9.85. The molecule has 1 heterocycles. The van der Waals surface area contributed by atoms with E-state index in [-0.39, 0.29) is 11.3 Å². The lowest BCUT2D eigenvalue weighted by Gasteiger charge is -2.24. The first-order valence-corrected chi connectivity index (χ1v) is 6.06. The predicted molar refractivity (Wildman–Crippen MR) is 70.2 cm³/mol. The second-order valence-electron chi connectivity index (χ2n) is 5.59. The van der Waals surface area contributed by atoms with Crippen molar-refractivity contribution in [3.05, 3.63) is 29.3 Å². The van der Waals surface area contributed by atoms with Gasteiger partial charge in [-0.2, -0.15) is 0 Å². The highest BCUT2D eigenvalue weighted by Crippen LogP contribution is 2.27. The van der Waals surface area contributed by atoms with E-state index in [4.69, 9.17) is 0 Å². The summed E-state index contributed by atoms with van der Waals surface area (Å²) < 4.78 is 0. The zero-order valence-corrected chi connectivity index (χ0v) is 10.8. The van der Waals surface area contributed by atoms with Crippen molar-refractivity contribution >= 4 is 11.6 Å². The number of fused-ring (bicyclic) bond motifs is 1. The van der Waals surface area contributed by atoms with Gasteiger partial charge >= 0.3 is 0 Å². The molecule has 1 aliphatic rings. The monoisotopic (exact) mass is 232 g/mol. The van der Waals surface area contributed by atoms with Crippen LogP contribution in [-0.4, -0.2) is 19.5 Å². The zero-order valence-electron chi connectivity index (χ0n) is 10.8. The zero-order chi connectivity index (χ0) is 12.5. The van der Waals surface area contributed by atoms with Crippen molar-refractivity contribution < 1.29 is 4.79 Å². The fraction of sp³-hybridized carbons (Fsp3) is 0.500. The van der Waals surface area contributed by atoms with Gasteiger partial charge in [0, 0.05) is 12.2 Å². The summed E-state index contributed by atoms with van der Waals surface area (Å²) in [4.78, 5) is 11.3. The Morgan fingerprint density at radius 1 is 1.41 bits per heavy atom. The summed E-state index contributed by atoms with van der Waals surface area (Å²) in [5.74, 6) is 0.103. The summed E-state index contributed by atoms with van der Waals surface area (Å²) in [7, 11) is 1.98. The third-order valence-electron chi connectivity index (χ3n) is 3.13. The summed E-state index contributed by atoms with van der Waals surface area (Å²) >= 11 is 0. The molecule has 0 saturated heterocycles. The first-order valence-electron chi connectivity index (χ1n) is 6.06. The maximum atomic E-state index is 11.3. The topological polar surface area (TPSA) is 41.1 Å². The molecule has 17 heavy (non-hydrogen) atoms. The smallest absolute Gasteiger partial charge is 0.228 e. The fourth-order valence-electron chi connectivity index (χ4n) is 2.49. The van der Waals surface area contributed by atoms with E-state index in [1.165, 1.54) is 5.56 Å². The summed E-state index contributed by atoms with van der Waals surface area (Å²) in [5, 5.41) is 6.08. The Kier molecular flexibility index (Phi) is 3.20. The molecule has 1 aliphatic heterocycles. The average molecular weight is 232 g/mol. The second kappa shape index (κ2) is 4.49. The number of benzene rings is 1. The van der Waals surface area contributed by atoms with E-state index < -0.39 is 0 Å². The Balaban J connectivity index is 2.14. The van der Waals surface area contributed by atoms with Gasteiger partial charge in [-0.05, 0) is 36.1 Å². The highest BCUT2D eigenvalue weighted by molar-refractivity contribution is 5.99. The lowest BCUT2D eigenvalue weighted by Crippen LogP contribution is -2.28. The van der Waals surface area contributed by atoms with E-state index in [2.05, 4.69) is 36.6 Å². The standard InChI is InChI=1S/C14H20N2O/c1-14(2,9-15-3)8-10-4-5-12-11(6-10)7-13(17)16-12/h4-6,15H,7-9H2,1-3H3,(H,16,17). The van der Waals surface area contributed by atoms with Crippen LogP contribution in [0.15, 0.2) is 18.2 Å². The van der Waals surface area contributed by atoms with Gasteiger partial charge in [-0.15, -0.1) is 0 Å². The number of carbonyl (C=O) groups excluding carboxylic acids is 1. The quantitative estimate of drug-likeness (QED) is 0.833. The molecule has 0 aliphatic carbocycles. The number of nitrogens with one attached hydrogen (secondary N) is 2. The molecule has 0 atom stereocenters. The van der Waals surface area contributed by atoms with E-state index in [1.54, 1.807) is 0 Å². The van der Waals surface area contributed by atoms with Crippen molar-refractivity contribution in [2.24, 2.45) is 5.41 Å². The van der Waals surface area contributed by atoms with E-state index in [0.717, 1.165) is 24.2 Å². The van der Waals surface area contributed by atoms with Gasteiger partial charge in [0.2, 0.25) is 5.91 Å². The van der Waals surface area contributed by atoms with E-state index >= 15 is 0 Å². The highest BCUT2D eigenvalue weighted by Gasteiger charge is 2.21. The van der Waals surface area contributed by atoms with Crippen molar-refractivity contribution in [2.45, 2.75) is 26.7 Å². The van der Waals surface area contributed by atoms with Crippen molar-refractivity contribution in [3.63, 3.8) is 0 Å². The van der Waals surface area contributed by atoms with Crippen LogP contribution in [0.4, 0.5) is 5.69 Å². The molecule has 3 nitrogen and oxygen atoms in total. The predicted octanol–water partition coefficient (Wildman–Crippen LogP) is 1.97. The molecule has 2 N–H and O–H groups in total. The number of hydrogen-bond acceptors (Lipinski definition) is 2. The van der Waals surface area contributed by atoms with Crippen LogP contribution in [0.25, 0.3) is 0 Å². The maximum Gasteiger partial charge on any atom is 0.228 e. The molecule has 0 saturated carbocycles. The Morgan fingerprint density at radius 3 is 2.88 bits per heavy atom. The molecule has 1 aromatic rings. The molecule has 0 bridgehead atoms. The molecule has 0 fully saturated rings. The molecule has 92 valence electrons. The molecule has 0 spiro atoms. The maximum absolute atomic E-state index is 11.3. The number of amides is 1. The van der Waals surface area contributed by atoms with Crippen LogP contribution in [0.1, 0.15) is 25.0 Å². The van der Waals surface area contributed by atoms with Crippen LogP contribution in [0.2, 0.25) is 0 Å². The third-order valence-corrected chi connectivity index (χ3v) is 3.13. The van der Waals surface area contributed by atoms with Crippen LogP contribution in [0.5, 0.6) is 0 Å². The van der Waals surface area contributed by atoms with Gasteiger partial charge in [0.1, 0.15) is 0 Å². The van der Waals surface area contributed by atoms with Gasteiger partial charge in [-0.1, -0.05) is 26.0 Å². The molecular weight excluding hydrogens is 212 g/mol. The van der Waals surface area contributed by atoms with Gasteiger partial charge in [-0.3, -0.25) is 4.79 Å². The van der Waals surface area contributed by atoms with Crippen molar-refractivity contribution in [1.29, 1.82) is 0 Å². The fourth-order valence-corrected chi connectivity index (χ4v) is 2.49. The second-order valence-corrected chi connectivity index (χ2v) is 5.59. The Morgan fingerprint density at radius 2 is 2.18 bits per heavy atom. The Labute approximate surface area is 103 Å². The molecular formula is C14H20N2O. The summed E-state index contributed by atoms with van der Waals surface area (Å²) in [6.07, 6.45) is 1.55. The third kappa shape index (κ3) is 2.86. The van der Waals surface area contributed by atoms with Gasteiger partial charge in [0.15, 0.2) is 0 Å². The highest BCUT2D eigenvalue weighted by atomic mass is 16.1. The molecule has 3 heteroatoms. The van der Waals surface area contributed by atoms with E-state index in [9.17, 15) is 4.79 Å². The Hall–Kier alpha value is -1.35. The number of hydrogen-bond donors (Lipinski definition) is 2. The number of carbonyl (C=O) groups is 1. The van der Waals surface area contributed by atoms with Crippen LogP contribution >= 0.6 is 0 Å². The van der Waals surface area contributed by atoms with Gasteiger partial charge in [0.05, 0.1) is 6.42 Å². The van der Waals surface area contributed by atoms with Crippen molar-refractivity contribution in [1.82, 2.24) is 5.32 Å². The van der Waals surface area contributed by atoms with Crippen molar-refractivity contribution in [2.75, 3.05) is 18.9 Å². The lowest BCUT2D eigenvalue weighted by molar-refractivity contribution is -0.115. The van der Waals surface area contributed by atoms with Crippen LogP contribution in [0, 0.1) is 5.41 Å². The number of rotatable bonds is 4. The van der Waals surface area contributed by atoms with E-state index in [0.29, 0.717) is 6.42 Å². The number of anilines is 1. The van der Waals surface area contributed by atoms with Gasteiger partial charge < -0.3 is 10.6 Å². The SMILES string of the molecule is CNCC(C)(C)Cc1ccc2c(c1)CC(=O)N2. The summed E-state index contributed by atoms with van der Waals surface area (Å²) in [5.41, 5.74) is 3.65. The minimum absolute atomic E-state index is 0.103. The van der Waals surface area contributed by atoms with Crippen LogP contribution in [-0.2, 0) is 17.6 Å².